The number of rotatable bonds is 8. The van der Waals surface area contributed by atoms with E-state index in [9.17, 15) is 9.59 Å². The Kier molecular flexibility index (Phi) is 8.81. The summed E-state index contributed by atoms with van der Waals surface area (Å²) in [4.78, 5) is 24.1. The zero-order valence-corrected chi connectivity index (χ0v) is 23.5. The third kappa shape index (κ3) is 7.35. The molecule has 0 N–H and O–H groups in total. The van der Waals surface area contributed by atoms with E-state index in [2.05, 4.69) is 33.9 Å². The van der Waals surface area contributed by atoms with Gasteiger partial charge < -0.3 is 32.8 Å². The van der Waals surface area contributed by atoms with Gasteiger partial charge in [0.2, 0.25) is 5.76 Å². The minimum absolute atomic E-state index is 0.0750. The molecule has 2 aliphatic heterocycles. The standard InChI is InChI=1S/C24H42O9Si/c1-12-27-21(26)17(29-15(2)25)13-16-19(32-24(8,9)30-16)20(18-14-28-23(6,7)31-18)33-34(10,11)22(3,4)5/h13,16,18-20H,12,14H2,1-11H3/b17-13+/t16-,18-,19-,20-/m1/s1. The molecule has 0 aromatic rings. The van der Waals surface area contributed by atoms with Gasteiger partial charge in [-0.15, -0.1) is 0 Å². The third-order valence-electron chi connectivity index (χ3n) is 6.17. The average molecular weight is 503 g/mol. The van der Waals surface area contributed by atoms with Gasteiger partial charge in [-0.3, -0.25) is 4.79 Å². The largest absolute Gasteiger partial charge is 0.460 e. The SMILES string of the molecule is CCOC(=O)/C(=C\[C@H]1OC(C)(C)O[C@H]1[C@H](O[Si](C)(C)C(C)(C)C)[C@H]1COC(C)(C)O1)OC(C)=O. The van der Waals surface area contributed by atoms with E-state index in [-0.39, 0.29) is 17.4 Å². The molecule has 0 bridgehead atoms. The number of carbonyl (C=O) groups excluding carboxylic acids is 2. The van der Waals surface area contributed by atoms with Crippen LogP contribution >= 0.6 is 0 Å². The van der Waals surface area contributed by atoms with Crippen molar-refractivity contribution in [3.8, 4) is 0 Å². The van der Waals surface area contributed by atoms with Crippen molar-refractivity contribution in [2.24, 2.45) is 0 Å². The molecule has 2 saturated heterocycles. The Labute approximate surface area is 204 Å². The second-order valence-corrected chi connectivity index (χ2v) is 15.9. The number of hydrogen-bond donors (Lipinski definition) is 0. The monoisotopic (exact) mass is 502 g/mol. The first-order valence-electron chi connectivity index (χ1n) is 11.8. The van der Waals surface area contributed by atoms with E-state index in [4.69, 9.17) is 32.8 Å². The molecular weight excluding hydrogens is 460 g/mol. The summed E-state index contributed by atoms with van der Waals surface area (Å²) in [7, 11) is -2.29. The maximum atomic E-state index is 12.5. The molecule has 34 heavy (non-hydrogen) atoms. The normalized spacial score (nSPS) is 28.0. The van der Waals surface area contributed by atoms with Crippen molar-refractivity contribution in [3.05, 3.63) is 11.8 Å². The number of hydrogen-bond acceptors (Lipinski definition) is 9. The van der Waals surface area contributed by atoms with Crippen molar-refractivity contribution in [1.82, 2.24) is 0 Å². The highest BCUT2D eigenvalue weighted by molar-refractivity contribution is 6.74. The first-order valence-corrected chi connectivity index (χ1v) is 14.7. The van der Waals surface area contributed by atoms with Gasteiger partial charge in [0.15, 0.2) is 19.9 Å². The maximum Gasteiger partial charge on any atom is 0.374 e. The van der Waals surface area contributed by atoms with Gasteiger partial charge in [-0.1, -0.05) is 20.8 Å². The Hall–Kier alpha value is -1.30. The lowest BCUT2D eigenvalue weighted by Crippen LogP contribution is -2.54. The fourth-order valence-corrected chi connectivity index (χ4v) is 4.92. The highest BCUT2D eigenvalue weighted by Crippen LogP contribution is 2.42. The van der Waals surface area contributed by atoms with Gasteiger partial charge in [0.05, 0.1) is 13.2 Å². The molecule has 196 valence electrons. The van der Waals surface area contributed by atoms with E-state index in [1.165, 1.54) is 13.0 Å². The summed E-state index contributed by atoms with van der Waals surface area (Å²) in [6.07, 6.45) is -0.988. The Bertz CT molecular complexity index is 782. The first-order chi connectivity index (χ1) is 15.4. The molecule has 9 nitrogen and oxygen atoms in total. The van der Waals surface area contributed by atoms with Gasteiger partial charge in [-0.25, -0.2) is 4.79 Å². The molecule has 0 spiro atoms. The van der Waals surface area contributed by atoms with Crippen LogP contribution in [0.4, 0.5) is 0 Å². The lowest BCUT2D eigenvalue weighted by atomic mass is 10.0. The Balaban J connectivity index is 2.50. The van der Waals surface area contributed by atoms with Crippen molar-refractivity contribution < 1.29 is 42.4 Å². The van der Waals surface area contributed by atoms with Gasteiger partial charge in [-0.05, 0) is 58.8 Å². The lowest BCUT2D eigenvalue weighted by molar-refractivity contribution is -0.176. The van der Waals surface area contributed by atoms with Crippen LogP contribution in [0, 0.1) is 0 Å². The Morgan fingerprint density at radius 3 is 2.18 bits per heavy atom. The molecule has 10 heteroatoms. The Morgan fingerprint density at radius 2 is 1.71 bits per heavy atom. The van der Waals surface area contributed by atoms with Crippen LogP contribution in [0.15, 0.2) is 11.8 Å². The second-order valence-electron chi connectivity index (χ2n) is 11.1. The van der Waals surface area contributed by atoms with Gasteiger partial charge in [0.1, 0.15) is 24.4 Å². The van der Waals surface area contributed by atoms with Crippen molar-refractivity contribution in [1.29, 1.82) is 0 Å². The molecule has 2 aliphatic rings. The molecule has 0 amide bonds. The van der Waals surface area contributed by atoms with Crippen LogP contribution in [-0.2, 0) is 42.4 Å². The molecule has 0 unspecified atom stereocenters. The topological polar surface area (TPSA) is 98.8 Å². The zero-order chi connectivity index (χ0) is 26.1. The first kappa shape index (κ1) is 28.9. The minimum Gasteiger partial charge on any atom is -0.460 e. The highest BCUT2D eigenvalue weighted by atomic mass is 28.4. The molecular formula is C24H42O9Si. The molecule has 0 radical (unpaired) electrons. The summed E-state index contributed by atoms with van der Waals surface area (Å²) < 4.78 is 41.5. The van der Waals surface area contributed by atoms with Crippen molar-refractivity contribution in [3.63, 3.8) is 0 Å². The van der Waals surface area contributed by atoms with Crippen molar-refractivity contribution >= 4 is 20.3 Å². The van der Waals surface area contributed by atoms with Crippen LogP contribution in [-0.4, -0.2) is 69.5 Å². The second kappa shape index (κ2) is 10.4. The molecule has 0 aromatic carbocycles. The summed E-state index contributed by atoms with van der Waals surface area (Å²) in [5.74, 6) is -3.40. The van der Waals surface area contributed by atoms with E-state index in [1.54, 1.807) is 20.8 Å². The summed E-state index contributed by atoms with van der Waals surface area (Å²) in [6, 6.07) is 0. The lowest BCUT2D eigenvalue weighted by Gasteiger charge is -2.42. The average Bonchev–Trinajstić information content (AvgIpc) is 3.16. The van der Waals surface area contributed by atoms with Gasteiger partial charge in [0.25, 0.3) is 0 Å². The van der Waals surface area contributed by atoms with E-state index < -0.39 is 56.2 Å². The molecule has 0 aliphatic carbocycles. The fraction of sp³-hybridized carbons (Fsp3) is 0.833. The Morgan fingerprint density at radius 1 is 1.09 bits per heavy atom. The van der Waals surface area contributed by atoms with Crippen LogP contribution in [0.25, 0.3) is 0 Å². The van der Waals surface area contributed by atoms with E-state index in [1.807, 2.05) is 13.8 Å². The van der Waals surface area contributed by atoms with Crippen molar-refractivity contribution in [2.75, 3.05) is 13.2 Å². The van der Waals surface area contributed by atoms with Crippen LogP contribution in [0.2, 0.25) is 18.1 Å². The number of ether oxygens (including phenoxy) is 6. The molecule has 2 heterocycles. The van der Waals surface area contributed by atoms with Gasteiger partial charge >= 0.3 is 11.9 Å². The zero-order valence-electron chi connectivity index (χ0n) is 22.5. The van der Waals surface area contributed by atoms with Gasteiger partial charge in [-0.2, -0.15) is 0 Å². The van der Waals surface area contributed by atoms with Crippen LogP contribution in [0.1, 0.15) is 62.3 Å². The quantitative estimate of drug-likeness (QED) is 0.211. The molecule has 0 aromatic heterocycles. The van der Waals surface area contributed by atoms with Crippen LogP contribution in [0.3, 0.4) is 0 Å². The van der Waals surface area contributed by atoms with Crippen molar-refractivity contribution in [2.45, 2.75) is 116 Å². The van der Waals surface area contributed by atoms with E-state index >= 15 is 0 Å². The minimum atomic E-state index is -2.29. The highest BCUT2D eigenvalue weighted by Gasteiger charge is 2.53. The smallest absolute Gasteiger partial charge is 0.374 e. The molecule has 4 atom stereocenters. The molecule has 2 rings (SSSR count). The summed E-state index contributed by atoms with van der Waals surface area (Å²) >= 11 is 0. The molecule has 0 saturated carbocycles. The summed E-state index contributed by atoms with van der Waals surface area (Å²) in [6.45, 7) is 21.4. The van der Waals surface area contributed by atoms with E-state index in [0.29, 0.717) is 6.61 Å². The molecule has 2 fully saturated rings. The number of esters is 2. The fourth-order valence-electron chi connectivity index (χ4n) is 3.60. The van der Waals surface area contributed by atoms with Gasteiger partial charge in [0, 0.05) is 6.92 Å². The summed E-state index contributed by atoms with van der Waals surface area (Å²) in [5.41, 5.74) is 0. The predicted octanol–water partition coefficient (Wildman–Crippen LogP) is 4.06. The predicted molar refractivity (Wildman–Crippen MR) is 127 cm³/mol. The maximum absolute atomic E-state index is 12.5. The summed E-state index contributed by atoms with van der Waals surface area (Å²) in [5, 5.41) is -0.0750. The number of carbonyl (C=O) groups is 2. The third-order valence-corrected chi connectivity index (χ3v) is 10.6. The van der Waals surface area contributed by atoms with Crippen LogP contribution in [0.5, 0.6) is 0 Å². The van der Waals surface area contributed by atoms with E-state index in [0.717, 1.165) is 0 Å². The van der Waals surface area contributed by atoms with Crippen LogP contribution < -0.4 is 0 Å².